The van der Waals surface area contributed by atoms with E-state index in [-0.39, 0.29) is 36.5 Å². The Morgan fingerprint density at radius 1 is 1.08 bits per heavy atom. The average molecular weight is 575 g/mol. The number of methoxy groups -OCH3 is 1. The van der Waals surface area contributed by atoms with E-state index in [1.807, 2.05) is 36.4 Å². The molecule has 0 spiro atoms. The lowest BCUT2D eigenvalue weighted by Crippen LogP contribution is -2.53. The monoisotopic (exact) mass is 573 g/mol. The number of para-hydroxylation sites is 2. The molecule has 2 aliphatic rings. The molecule has 1 N–H and O–H groups in total. The second kappa shape index (κ2) is 11.9. The van der Waals surface area contributed by atoms with Crippen LogP contribution in [0.1, 0.15) is 22.7 Å². The second-order valence-corrected chi connectivity index (χ2v) is 9.74. The van der Waals surface area contributed by atoms with Crippen molar-refractivity contribution in [1.29, 1.82) is 0 Å². The Balaban J connectivity index is 0.00000190. The number of piperazine rings is 1. The largest absolute Gasteiger partial charge is 0.497 e. The zero-order chi connectivity index (χ0) is 24.6. The number of aromatic nitrogens is 1. The minimum Gasteiger partial charge on any atom is -0.497 e. The minimum absolute atomic E-state index is 0. The van der Waals surface area contributed by atoms with Crippen LogP contribution >= 0.6 is 36.2 Å². The molecule has 2 aromatic carbocycles. The Hall–Kier alpha value is -2.53. The highest BCUT2D eigenvalue weighted by Gasteiger charge is 2.39. The molecule has 5 rings (SSSR count). The maximum atomic E-state index is 13.5. The summed E-state index contributed by atoms with van der Waals surface area (Å²) in [7, 11) is 3.74. The van der Waals surface area contributed by atoms with E-state index in [1.165, 1.54) is 5.56 Å². The van der Waals surface area contributed by atoms with Gasteiger partial charge in [0.25, 0.3) is 0 Å². The third-order valence-corrected chi connectivity index (χ3v) is 7.48. The van der Waals surface area contributed by atoms with E-state index in [9.17, 15) is 13.2 Å². The number of thiazole rings is 1. The van der Waals surface area contributed by atoms with E-state index >= 15 is 0 Å². The van der Waals surface area contributed by atoms with Crippen LogP contribution in [0.5, 0.6) is 5.75 Å². The lowest BCUT2D eigenvalue weighted by molar-refractivity contribution is -0.137. The summed E-state index contributed by atoms with van der Waals surface area (Å²) in [5.74, 6) is 1.32. The van der Waals surface area contributed by atoms with Crippen molar-refractivity contribution in [2.45, 2.75) is 25.1 Å². The summed E-state index contributed by atoms with van der Waals surface area (Å²) in [5.41, 5.74) is 2.84. The number of aliphatic imine (C=N–C) groups is 1. The minimum atomic E-state index is -4.51. The molecule has 1 saturated heterocycles. The van der Waals surface area contributed by atoms with Gasteiger partial charge in [-0.05, 0) is 49.7 Å². The van der Waals surface area contributed by atoms with Crippen LogP contribution in [0, 0.1) is 0 Å². The number of rotatable bonds is 4. The molecule has 1 fully saturated rings. The van der Waals surface area contributed by atoms with Crippen molar-refractivity contribution in [3.8, 4) is 5.75 Å². The molecule has 37 heavy (non-hydrogen) atoms. The number of hydrogen-bond acceptors (Lipinski definition) is 7. The van der Waals surface area contributed by atoms with Crippen LogP contribution in [-0.2, 0) is 12.6 Å². The number of amidine groups is 1. The SMILES string of the molecule is COc1ccc(CCC2CN(C3=Nc4ccccc4Nc4sc(C(F)(F)F)nc43)CCN2C)cc1.Cl.Cl. The molecule has 0 radical (unpaired) electrons. The third kappa shape index (κ3) is 6.31. The summed E-state index contributed by atoms with van der Waals surface area (Å²) in [6.07, 6.45) is -2.70. The fourth-order valence-corrected chi connectivity index (χ4v) is 5.28. The Labute approximate surface area is 230 Å². The summed E-state index contributed by atoms with van der Waals surface area (Å²) >= 11 is 0.623. The second-order valence-electron chi connectivity index (χ2n) is 8.74. The first-order valence-electron chi connectivity index (χ1n) is 11.4. The first kappa shape index (κ1) is 29.0. The molecule has 3 aromatic rings. The van der Waals surface area contributed by atoms with Gasteiger partial charge < -0.3 is 15.0 Å². The highest BCUT2D eigenvalue weighted by molar-refractivity contribution is 7.16. The van der Waals surface area contributed by atoms with Gasteiger partial charge in [-0.2, -0.15) is 13.2 Å². The molecule has 0 saturated carbocycles. The molecular formula is C25H28Cl2F3N5OS. The fraction of sp³-hybridized carbons (Fsp3) is 0.360. The predicted molar refractivity (Wildman–Crippen MR) is 147 cm³/mol. The number of halogens is 5. The van der Waals surface area contributed by atoms with Crippen molar-refractivity contribution in [2.24, 2.45) is 4.99 Å². The van der Waals surface area contributed by atoms with Gasteiger partial charge in [0.15, 0.2) is 5.84 Å². The van der Waals surface area contributed by atoms with Gasteiger partial charge in [0.2, 0.25) is 5.01 Å². The number of anilines is 2. The normalized spacial score (nSPS) is 17.3. The Morgan fingerprint density at radius 2 is 1.81 bits per heavy atom. The quantitative estimate of drug-likeness (QED) is 0.391. The molecule has 12 heteroatoms. The van der Waals surface area contributed by atoms with E-state index in [1.54, 1.807) is 7.11 Å². The lowest BCUT2D eigenvalue weighted by atomic mass is 10.0. The number of ether oxygens (including phenoxy) is 1. The molecule has 0 bridgehead atoms. The standard InChI is InChI=1S/C25H26F3N5OS.2ClH/c1-32-13-14-33(15-17(32)10-7-16-8-11-18(34-2)12-9-16)22-21-23(35-24(31-21)25(26,27)28)30-20-6-4-3-5-19(20)29-22;;/h3-6,8-9,11-12,17,30H,7,10,13-15H2,1-2H3;2*1H. The van der Waals surface area contributed by atoms with Crippen molar-refractivity contribution in [1.82, 2.24) is 14.8 Å². The number of benzene rings is 2. The lowest BCUT2D eigenvalue weighted by Gasteiger charge is -2.40. The van der Waals surface area contributed by atoms with Crippen molar-refractivity contribution < 1.29 is 17.9 Å². The summed E-state index contributed by atoms with van der Waals surface area (Å²) < 4.78 is 45.8. The smallest absolute Gasteiger partial charge is 0.443 e. The van der Waals surface area contributed by atoms with Crippen LogP contribution in [0.2, 0.25) is 0 Å². The maximum Gasteiger partial charge on any atom is 0.443 e. The summed E-state index contributed by atoms with van der Waals surface area (Å²) in [6, 6.07) is 15.7. The van der Waals surface area contributed by atoms with E-state index in [0.29, 0.717) is 46.6 Å². The number of nitrogens with zero attached hydrogens (tertiary/aromatic N) is 4. The van der Waals surface area contributed by atoms with Gasteiger partial charge in [-0.15, -0.1) is 24.8 Å². The topological polar surface area (TPSA) is 53.0 Å². The van der Waals surface area contributed by atoms with Crippen molar-refractivity contribution in [2.75, 3.05) is 39.1 Å². The van der Waals surface area contributed by atoms with Gasteiger partial charge in [0, 0.05) is 25.7 Å². The number of nitrogens with one attached hydrogen (secondary N) is 1. The van der Waals surface area contributed by atoms with Gasteiger partial charge in [0.1, 0.15) is 16.4 Å². The molecule has 200 valence electrons. The maximum absolute atomic E-state index is 13.5. The molecular weight excluding hydrogens is 546 g/mol. The zero-order valence-corrected chi connectivity index (χ0v) is 22.7. The van der Waals surface area contributed by atoms with Crippen molar-refractivity contribution >= 4 is 58.4 Å². The Morgan fingerprint density at radius 3 is 2.51 bits per heavy atom. The number of alkyl halides is 3. The average Bonchev–Trinajstić information content (AvgIpc) is 3.21. The molecule has 2 aliphatic heterocycles. The van der Waals surface area contributed by atoms with E-state index in [2.05, 4.69) is 39.3 Å². The van der Waals surface area contributed by atoms with Crippen LogP contribution in [0.25, 0.3) is 0 Å². The number of aryl methyl sites for hydroxylation is 1. The van der Waals surface area contributed by atoms with Crippen LogP contribution in [0.3, 0.4) is 0 Å². The molecule has 1 atom stereocenters. The van der Waals surface area contributed by atoms with Gasteiger partial charge >= 0.3 is 6.18 Å². The van der Waals surface area contributed by atoms with E-state index in [0.717, 1.165) is 25.1 Å². The highest BCUT2D eigenvalue weighted by Crippen LogP contribution is 2.42. The summed E-state index contributed by atoms with van der Waals surface area (Å²) in [4.78, 5) is 13.2. The summed E-state index contributed by atoms with van der Waals surface area (Å²) in [6.45, 7) is 2.10. The van der Waals surface area contributed by atoms with Gasteiger partial charge in [-0.1, -0.05) is 35.6 Å². The number of likely N-dealkylation sites (N-methyl/N-ethyl adjacent to an activating group) is 1. The van der Waals surface area contributed by atoms with Gasteiger partial charge in [-0.25, -0.2) is 9.98 Å². The molecule has 3 heterocycles. The molecule has 0 aliphatic carbocycles. The van der Waals surface area contributed by atoms with Gasteiger partial charge in [-0.3, -0.25) is 4.90 Å². The fourth-order valence-electron chi connectivity index (χ4n) is 4.44. The highest BCUT2D eigenvalue weighted by atomic mass is 35.5. The predicted octanol–water partition coefficient (Wildman–Crippen LogP) is 6.40. The van der Waals surface area contributed by atoms with Crippen molar-refractivity contribution in [3.63, 3.8) is 0 Å². The third-order valence-electron chi connectivity index (χ3n) is 6.46. The molecule has 1 aromatic heterocycles. The van der Waals surface area contributed by atoms with Gasteiger partial charge in [0.05, 0.1) is 18.5 Å². The Kier molecular flexibility index (Phi) is 9.33. The summed E-state index contributed by atoms with van der Waals surface area (Å²) in [5, 5.41) is 2.64. The zero-order valence-electron chi connectivity index (χ0n) is 20.3. The van der Waals surface area contributed by atoms with Crippen LogP contribution in [-0.4, -0.2) is 60.5 Å². The van der Waals surface area contributed by atoms with Crippen LogP contribution < -0.4 is 10.1 Å². The number of hydrogen-bond donors (Lipinski definition) is 1. The first-order valence-corrected chi connectivity index (χ1v) is 12.2. The number of fused-ring (bicyclic) bond motifs is 2. The van der Waals surface area contributed by atoms with Crippen LogP contribution in [0.15, 0.2) is 53.5 Å². The molecule has 0 amide bonds. The molecule has 6 nitrogen and oxygen atoms in total. The Bertz CT molecular complexity index is 1240. The first-order chi connectivity index (χ1) is 16.8. The molecule has 1 unspecified atom stereocenters. The van der Waals surface area contributed by atoms with E-state index < -0.39 is 11.2 Å². The van der Waals surface area contributed by atoms with Crippen LogP contribution in [0.4, 0.5) is 29.5 Å². The van der Waals surface area contributed by atoms with Crippen molar-refractivity contribution in [3.05, 3.63) is 64.8 Å². The van der Waals surface area contributed by atoms with E-state index in [4.69, 9.17) is 9.73 Å².